The molecule has 2 N–H and O–H groups in total. The van der Waals surface area contributed by atoms with Crippen LogP contribution in [0.25, 0.3) is 11.2 Å². The van der Waals surface area contributed by atoms with Gasteiger partial charge in [0.2, 0.25) is 5.91 Å². The van der Waals surface area contributed by atoms with E-state index in [4.69, 9.17) is 14.7 Å². The number of hydrogen-bond acceptors (Lipinski definition) is 8. The van der Waals surface area contributed by atoms with Crippen LogP contribution in [0, 0.1) is 0 Å². The molecule has 0 spiro atoms. The Morgan fingerprint density at radius 2 is 1.62 bits per heavy atom. The molecule has 2 aromatic carbocycles. The summed E-state index contributed by atoms with van der Waals surface area (Å²) in [5.74, 6) is 1.56. The Morgan fingerprint density at radius 3 is 2.19 bits per heavy atom. The number of ether oxygens (including phenoxy) is 1. The lowest BCUT2D eigenvalue weighted by Gasteiger charge is -2.28. The minimum Gasteiger partial charge on any atom is -0.507 e. The van der Waals surface area contributed by atoms with Crippen molar-refractivity contribution in [3.63, 3.8) is 0 Å². The van der Waals surface area contributed by atoms with Gasteiger partial charge in [-0.2, -0.15) is 0 Å². The van der Waals surface area contributed by atoms with Crippen molar-refractivity contribution in [3.8, 4) is 11.5 Å². The number of carbonyl (C=O) groups is 2. The Balaban J connectivity index is 1.31. The number of aromatic hydroxyl groups is 1. The number of aryl methyl sites for hydroxylation is 1. The number of phenolic OH excluding ortho intramolecular Hbond substituents is 1. The van der Waals surface area contributed by atoms with E-state index in [0.29, 0.717) is 17.9 Å². The number of hydrogen-bond donors (Lipinski definition) is 2. The van der Waals surface area contributed by atoms with E-state index in [9.17, 15) is 14.7 Å². The van der Waals surface area contributed by atoms with Gasteiger partial charge in [-0.25, -0.2) is 9.97 Å². The van der Waals surface area contributed by atoms with Crippen LogP contribution in [0.15, 0.2) is 58.5 Å². The topological polar surface area (TPSA) is 106 Å². The van der Waals surface area contributed by atoms with Crippen molar-refractivity contribution < 1.29 is 19.4 Å². The first-order valence-electron chi connectivity index (χ1n) is 13.8. The summed E-state index contributed by atoms with van der Waals surface area (Å²) >= 11 is 2.60. The maximum Gasteiger partial charge on any atom is 0.286 e. The summed E-state index contributed by atoms with van der Waals surface area (Å²) in [5.41, 5.74) is 3.94. The highest BCUT2D eigenvalue weighted by Crippen LogP contribution is 2.43. The summed E-state index contributed by atoms with van der Waals surface area (Å²) in [5, 5.41) is 13.6. The number of phenols is 1. The Hall–Kier alpha value is -3.50. The van der Waals surface area contributed by atoms with E-state index in [1.54, 1.807) is 11.8 Å². The summed E-state index contributed by atoms with van der Waals surface area (Å²) in [4.78, 5) is 33.9. The fourth-order valence-corrected chi connectivity index (χ4v) is 6.55. The van der Waals surface area contributed by atoms with Crippen molar-refractivity contribution >= 4 is 45.8 Å². The maximum absolute atomic E-state index is 11.8. The molecule has 5 rings (SSSR count). The number of nitrogens with zero attached hydrogens (tertiary/aromatic N) is 3. The second kappa shape index (κ2) is 11.3. The number of pyridine rings is 1. The third-order valence-electron chi connectivity index (χ3n) is 7.18. The number of aromatic nitrogens is 3. The van der Waals surface area contributed by atoms with Gasteiger partial charge in [0, 0.05) is 23.1 Å². The third kappa shape index (κ3) is 6.44. The van der Waals surface area contributed by atoms with Crippen molar-refractivity contribution in [2.24, 2.45) is 7.05 Å². The molecule has 2 amide bonds. The van der Waals surface area contributed by atoms with Gasteiger partial charge in [-0.3, -0.25) is 14.9 Å². The van der Waals surface area contributed by atoms with Crippen molar-refractivity contribution in [1.82, 2.24) is 19.9 Å². The molecule has 0 bridgehead atoms. The second-order valence-electron chi connectivity index (χ2n) is 12.6. The average Bonchev–Trinajstić information content (AvgIpc) is 3.39. The molecule has 1 saturated heterocycles. The minimum absolute atomic E-state index is 0.207. The predicted molar refractivity (Wildman–Crippen MR) is 168 cm³/mol. The molecule has 0 radical (unpaired) electrons. The van der Waals surface area contributed by atoms with Gasteiger partial charge in [-0.1, -0.05) is 77.2 Å². The highest BCUT2D eigenvalue weighted by Gasteiger charge is 2.31. The van der Waals surface area contributed by atoms with Crippen LogP contribution < -0.4 is 10.1 Å². The summed E-state index contributed by atoms with van der Waals surface area (Å²) in [7, 11) is 1.93. The lowest BCUT2D eigenvalue weighted by Crippen LogP contribution is -2.25. The number of imidazole rings is 1. The Morgan fingerprint density at radius 1 is 0.976 bits per heavy atom. The van der Waals surface area contributed by atoms with Gasteiger partial charge in [-0.15, -0.1) is 0 Å². The van der Waals surface area contributed by atoms with Crippen molar-refractivity contribution in [1.29, 1.82) is 0 Å². The van der Waals surface area contributed by atoms with E-state index in [1.165, 1.54) is 0 Å². The van der Waals surface area contributed by atoms with Crippen molar-refractivity contribution in [3.05, 3.63) is 71.0 Å². The first kappa shape index (κ1) is 30.0. The van der Waals surface area contributed by atoms with Crippen LogP contribution in [0.2, 0.25) is 0 Å². The summed E-state index contributed by atoms with van der Waals surface area (Å²) in [6, 6.07) is 15.6. The highest BCUT2D eigenvalue weighted by molar-refractivity contribution is 8.15. The van der Waals surface area contributed by atoms with E-state index < -0.39 is 5.25 Å². The Bertz CT molecular complexity index is 1630. The van der Waals surface area contributed by atoms with Crippen molar-refractivity contribution in [2.45, 2.75) is 80.6 Å². The molecule has 0 saturated carbocycles. The Kier molecular flexibility index (Phi) is 8.06. The molecule has 1 aliphatic rings. The van der Waals surface area contributed by atoms with Gasteiger partial charge in [0.1, 0.15) is 34.5 Å². The number of rotatable bonds is 7. The monoisotopic (exact) mass is 604 g/mol. The van der Waals surface area contributed by atoms with Crippen LogP contribution >= 0.6 is 23.5 Å². The maximum atomic E-state index is 11.8. The number of carbonyl (C=O) groups excluding carboxylic acids is 2. The van der Waals surface area contributed by atoms with Gasteiger partial charge in [0.05, 0.1) is 5.25 Å². The van der Waals surface area contributed by atoms with Gasteiger partial charge in [0.25, 0.3) is 5.24 Å². The van der Waals surface area contributed by atoms with E-state index >= 15 is 0 Å². The lowest BCUT2D eigenvalue weighted by atomic mass is 9.79. The molecular formula is C32H36N4O4S2. The molecule has 1 fully saturated rings. The van der Waals surface area contributed by atoms with Crippen molar-refractivity contribution in [2.75, 3.05) is 0 Å². The molecule has 2 aromatic heterocycles. The second-order valence-corrected chi connectivity index (χ2v) is 14.8. The molecule has 1 aliphatic heterocycles. The summed E-state index contributed by atoms with van der Waals surface area (Å²) in [6.45, 7) is 12.9. The molecule has 1 atom stereocenters. The highest BCUT2D eigenvalue weighted by atomic mass is 32.2. The fraction of sp³-hybridized carbons (Fsp3) is 0.375. The molecule has 8 nitrogen and oxygen atoms in total. The third-order valence-corrected chi connectivity index (χ3v) is 9.07. The number of fused-ring (bicyclic) bond motifs is 1. The van der Waals surface area contributed by atoms with E-state index in [1.807, 2.05) is 48.0 Å². The molecular weight excluding hydrogens is 569 g/mol. The number of imide groups is 1. The number of amides is 2. The zero-order valence-corrected chi connectivity index (χ0v) is 26.6. The molecule has 0 aliphatic carbocycles. The first-order chi connectivity index (χ1) is 19.7. The molecule has 4 aromatic rings. The number of thioether (sulfide) groups is 1. The smallest absolute Gasteiger partial charge is 0.286 e. The standard InChI is InChI=1S/C32H36N4O4S2/c1-31(2,3)21-15-20(16-22(27(21)37)32(4,5)6)41-26-13-12-23-28(34-26)36(7)25(33-23)17-40-19-10-8-18(9-11-19)14-24-29(38)35-30(39)42-24/h8-13,15-16,24,37H,14,17H2,1-7H3,(H,35,38,39). The van der Waals surface area contributed by atoms with E-state index in [0.717, 1.165) is 55.4 Å². The predicted octanol–water partition coefficient (Wildman–Crippen LogP) is 6.89. The minimum atomic E-state index is -0.394. The lowest BCUT2D eigenvalue weighted by molar-refractivity contribution is -0.118. The van der Waals surface area contributed by atoms with E-state index in [2.05, 4.69) is 59.0 Å². The zero-order valence-electron chi connectivity index (χ0n) is 24.9. The fourth-order valence-electron chi connectivity index (χ4n) is 4.82. The van der Waals surface area contributed by atoms with Crippen LogP contribution in [0.5, 0.6) is 11.5 Å². The van der Waals surface area contributed by atoms with Crippen LogP contribution in [-0.4, -0.2) is 36.0 Å². The molecule has 42 heavy (non-hydrogen) atoms. The van der Waals surface area contributed by atoms with Gasteiger partial charge < -0.3 is 14.4 Å². The Labute approximate surface area is 254 Å². The van der Waals surface area contributed by atoms with Crippen LogP contribution in [-0.2, 0) is 35.7 Å². The number of nitrogens with one attached hydrogen (secondary N) is 1. The summed E-state index contributed by atoms with van der Waals surface area (Å²) < 4.78 is 7.96. The van der Waals surface area contributed by atoms with Gasteiger partial charge >= 0.3 is 0 Å². The zero-order chi connectivity index (χ0) is 30.4. The van der Waals surface area contributed by atoms with Crippen LogP contribution in [0.4, 0.5) is 4.79 Å². The van der Waals surface area contributed by atoms with Gasteiger partial charge in [-0.05, 0) is 59.2 Å². The van der Waals surface area contributed by atoms with E-state index in [-0.39, 0.29) is 28.6 Å². The molecule has 1 unspecified atom stereocenters. The number of benzene rings is 2. The molecule has 3 heterocycles. The largest absolute Gasteiger partial charge is 0.507 e. The SMILES string of the molecule is Cn1c(COc2ccc(CC3SC(=O)NC3=O)cc2)nc2ccc(Sc3cc(C(C)(C)C)c(O)c(C(C)(C)C)c3)nc21. The molecule has 220 valence electrons. The molecule has 10 heteroatoms. The normalized spacial score (nSPS) is 15.8. The van der Waals surface area contributed by atoms with Crippen LogP contribution in [0.3, 0.4) is 0 Å². The quantitative estimate of drug-likeness (QED) is 0.235. The van der Waals surface area contributed by atoms with Gasteiger partial charge in [0.15, 0.2) is 5.65 Å². The average molecular weight is 605 g/mol. The first-order valence-corrected chi connectivity index (χ1v) is 15.5. The summed E-state index contributed by atoms with van der Waals surface area (Å²) in [6.07, 6.45) is 0.485. The van der Waals surface area contributed by atoms with Crippen LogP contribution in [0.1, 0.15) is 64.1 Å².